The average Bonchev–Trinajstić information content (AvgIpc) is 2.82. The molecule has 0 unspecified atom stereocenters. The van der Waals surface area contributed by atoms with E-state index in [0.717, 1.165) is 23.3 Å². The summed E-state index contributed by atoms with van der Waals surface area (Å²) in [6.07, 6.45) is 2.50. The quantitative estimate of drug-likeness (QED) is 0.177. The zero-order valence-electron chi connectivity index (χ0n) is 17.6. The van der Waals surface area contributed by atoms with Crippen LogP contribution in [0.5, 0.6) is 17.2 Å². The summed E-state index contributed by atoms with van der Waals surface area (Å²) in [5, 5.41) is 0. The van der Waals surface area contributed by atoms with E-state index in [-0.39, 0.29) is 0 Å². The number of carbonyl (C=O) groups excluding carboxylic acids is 1. The molecule has 5 nitrogen and oxygen atoms in total. The van der Waals surface area contributed by atoms with Crippen LogP contribution in [0.2, 0.25) is 0 Å². The minimum absolute atomic E-state index is 0.415. The zero-order valence-corrected chi connectivity index (χ0v) is 17.6. The Bertz CT molecular complexity index is 960. The Kier molecular flexibility index (Phi) is 8.26. The molecule has 0 fully saturated rings. The van der Waals surface area contributed by atoms with Crippen molar-refractivity contribution in [1.29, 1.82) is 0 Å². The van der Waals surface area contributed by atoms with Gasteiger partial charge < -0.3 is 18.9 Å². The summed E-state index contributed by atoms with van der Waals surface area (Å²) in [5.41, 5.74) is 2.54. The molecule has 0 aromatic heterocycles. The second kappa shape index (κ2) is 11.6. The molecule has 3 aromatic rings. The van der Waals surface area contributed by atoms with Gasteiger partial charge in [0.25, 0.3) is 0 Å². The number of benzene rings is 3. The van der Waals surface area contributed by atoms with E-state index in [1.807, 2.05) is 36.4 Å². The largest absolute Gasteiger partial charge is 0.497 e. The summed E-state index contributed by atoms with van der Waals surface area (Å²) in [6.45, 7) is 5.30. The number of hydrogen-bond acceptors (Lipinski definition) is 5. The third-order valence-corrected chi connectivity index (χ3v) is 4.52. The number of carbonyl (C=O) groups is 1. The number of ether oxygens (including phenoxy) is 4. The molecule has 0 bridgehead atoms. The number of hydrogen-bond donors (Lipinski definition) is 0. The Morgan fingerprint density at radius 1 is 0.806 bits per heavy atom. The predicted molar refractivity (Wildman–Crippen MR) is 121 cm³/mol. The lowest BCUT2D eigenvalue weighted by Crippen LogP contribution is -2.08. The van der Waals surface area contributed by atoms with Crippen molar-refractivity contribution in [2.45, 2.75) is 6.42 Å². The minimum atomic E-state index is -0.415. The molecule has 0 amide bonds. The van der Waals surface area contributed by atoms with Crippen LogP contribution in [0.25, 0.3) is 11.1 Å². The molecule has 5 heteroatoms. The first kappa shape index (κ1) is 22.1. The smallest absolute Gasteiger partial charge is 0.343 e. The van der Waals surface area contributed by atoms with E-state index in [2.05, 4.69) is 6.58 Å². The van der Waals surface area contributed by atoms with Crippen LogP contribution >= 0.6 is 0 Å². The maximum atomic E-state index is 12.4. The van der Waals surface area contributed by atoms with Gasteiger partial charge in [-0.2, -0.15) is 0 Å². The Morgan fingerprint density at radius 3 is 1.97 bits per heavy atom. The van der Waals surface area contributed by atoms with Gasteiger partial charge in [0.15, 0.2) is 0 Å². The standard InChI is InChI=1S/C26H26O5/c1-3-17-29-18-4-19-30-24-13-9-22(10-14-24)26(27)31-25-15-7-21(8-16-25)20-5-11-23(28-2)12-6-20/h3,5-16H,1,4,17-19H2,2H3. The molecule has 0 aliphatic carbocycles. The van der Waals surface area contributed by atoms with Crippen LogP contribution in [-0.2, 0) is 4.74 Å². The van der Waals surface area contributed by atoms with Crippen LogP contribution in [0.3, 0.4) is 0 Å². The number of methoxy groups -OCH3 is 1. The maximum absolute atomic E-state index is 12.4. The van der Waals surface area contributed by atoms with Crippen molar-refractivity contribution < 1.29 is 23.7 Å². The van der Waals surface area contributed by atoms with Gasteiger partial charge in [-0.05, 0) is 59.7 Å². The zero-order chi connectivity index (χ0) is 21.9. The molecule has 0 saturated carbocycles. The van der Waals surface area contributed by atoms with E-state index in [1.165, 1.54) is 0 Å². The van der Waals surface area contributed by atoms with Gasteiger partial charge in [-0.25, -0.2) is 4.79 Å². The first-order chi connectivity index (χ1) is 15.2. The molecule has 0 spiro atoms. The van der Waals surface area contributed by atoms with E-state index in [1.54, 1.807) is 49.6 Å². The van der Waals surface area contributed by atoms with E-state index >= 15 is 0 Å². The van der Waals surface area contributed by atoms with Crippen LogP contribution in [0.1, 0.15) is 16.8 Å². The van der Waals surface area contributed by atoms with Crippen molar-refractivity contribution in [3.05, 3.63) is 91.0 Å². The van der Waals surface area contributed by atoms with Gasteiger partial charge in [0.1, 0.15) is 17.2 Å². The van der Waals surface area contributed by atoms with Gasteiger partial charge in [0.2, 0.25) is 0 Å². The number of rotatable bonds is 11. The molecule has 3 rings (SSSR count). The highest BCUT2D eigenvalue weighted by atomic mass is 16.5. The highest BCUT2D eigenvalue weighted by Gasteiger charge is 2.09. The first-order valence-corrected chi connectivity index (χ1v) is 10.1. The van der Waals surface area contributed by atoms with Crippen molar-refractivity contribution in [3.8, 4) is 28.4 Å². The minimum Gasteiger partial charge on any atom is -0.497 e. The molecule has 31 heavy (non-hydrogen) atoms. The fourth-order valence-corrected chi connectivity index (χ4v) is 2.87. The summed E-state index contributed by atoms with van der Waals surface area (Å²) >= 11 is 0. The summed E-state index contributed by atoms with van der Waals surface area (Å²) < 4.78 is 21.6. The summed E-state index contributed by atoms with van der Waals surface area (Å²) in [6, 6.07) is 22.1. The fourth-order valence-electron chi connectivity index (χ4n) is 2.87. The van der Waals surface area contributed by atoms with Crippen LogP contribution < -0.4 is 14.2 Å². The van der Waals surface area contributed by atoms with Gasteiger partial charge in [0.05, 0.1) is 32.5 Å². The van der Waals surface area contributed by atoms with Crippen molar-refractivity contribution in [2.75, 3.05) is 26.9 Å². The third-order valence-electron chi connectivity index (χ3n) is 4.52. The Labute approximate surface area is 182 Å². The predicted octanol–water partition coefficient (Wildman–Crippen LogP) is 5.55. The Morgan fingerprint density at radius 2 is 1.39 bits per heavy atom. The topological polar surface area (TPSA) is 54.0 Å². The van der Waals surface area contributed by atoms with Crippen LogP contribution in [0.4, 0.5) is 0 Å². The second-order valence-electron chi connectivity index (χ2n) is 6.73. The molecule has 0 aliphatic rings. The summed E-state index contributed by atoms with van der Waals surface area (Å²) in [5.74, 6) is 1.58. The van der Waals surface area contributed by atoms with Gasteiger partial charge in [-0.1, -0.05) is 30.3 Å². The molecule has 0 radical (unpaired) electrons. The average molecular weight is 418 g/mol. The van der Waals surface area contributed by atoms with E-state index in [9.17, 15) is 4.79 Å². The lowest BCUT2D eigenvalue weighted by atomic mass is 10.1. The van der Waals surface area contributed by atoms with Crippen molar-refractivity contribution >= 4 is 5.97 Å². The van der Waals surface area contributed by atoms with Crippen LogP contribution in [-0.4, -0.2) is 32.9 Å². The first-order valence-electron chi connectivity index (χ1n) is 10.1. The highest BCUT2D eigenvalue weighted by Crippen LogP contribution is 2.25. The second-order valence-corrected chi connectivity index (χ2v) is 6.73. The fraction of sp³-hybridized carbons (Fsp3) is 0.192. The molecule has 0 saturated heterocycles. The van der Waals surface area contributed by atoms with Gasteiger partial charge in [-0.15, -0.1) is 6.58 Å². The van der Waals surface area contributed by atoms with E-state index < -0.39 is 5.97 Å². The Hall–Kier alpha value is -3.57. The molecular weight excluding hydrogens is 392 g/mol. The lowest BCUT2D eigenvalue weighted by molar-refractivity contribution is 0.0734. The molecule has 160 valence electrons. The van der Waals surface area contributed by atoms with E-state index in [0.29, 0.717) is 36.9 Å². The van der Waals surface area contributed by atoms with Crippen molar-refractivity contribution in [3.63, 3.8) is 0 Å². The third kappa shape index (κ3) is 6.73. The van der Waals surface area contributed by atoms with Gasteiger partial charge in [-0.3, -0.25) is 0 Å². The van der Waals surface area contributed by atoms with Gasteiger partial charge in [0, 0.05) is 6.42 Å². The molecule has 0 heterocycles. The van der Waals surface area contributed by atoms with Crippen LogP contribution in [0, 0.1) is 0 Å². The van der Waals surface area contributed by atoms with Crippen molar-refractivity contribution in [1.82, 2.24) is 0 Å². The normalized spacial score (nSPS) is 10.4. The maximum Gasteiger partial charge on any atom is 0.343 e. The molecule has 0 atom stereocenters. The molecular formula is C26H26O5. The summed E-state index contributed by atoms with van der Waals surface area (Å²) in [7, 11) is 1.64. The van der Waals surface area contributed by atoms with Gasteiger partial charge >= 0.3 is 5.97 Å². The lowest BCUT2D eigenvalue weighted by Gasteiger charge is -2.08. The Balaban J connectivity index is 1.50. The SMILES string of the molecule is C=CCOCCCOc1ccc(C(=O)Oc2ccc(-c3ccc(OC)cc3)cc2)cc1. The summed E-state index contributed by atoms with van der Waals surface area (Å²) in [4.78, 5) is 12.4. The highest BCUT2D eigenvalue weighted by molar-refractivity contribution is 5.91. The van der Waals surface area contributed by atoms with Crippen molar-refractivity contribution in [2.24, 2.45) is 0 Å². The monoisotopic (exact) mass is 418 g/mol. The van der Waals surface area contributed by atoms with E-state index in [4.69, 9.17) is 18.9 Å². The molecule has 0 N–H and O–H groups in total. The molecule has 3 aromatic carbocycles. The van der Waals surface area contributed by atoms with Crippen LogP contribution in [0.15, 0.2) is 85.5 Å². The molecule has 0 aliphatic heterocycles. The number of esters is 1.